The lowest BCUT2D eigenvalue weighted by Crippen LogP contribution is -2.28. The number of hydrogen-bond donors (Lipinski definition) is 1. The first-order valence-electron chi connectivity index (χ1n) is 5.50. The summed E-state index contributed by atoms with van der Waals surface area (Å²) in [7, 11) is 3.85. The second-order valence-electron chi connectivity index (χ2n) is 5.26. The average Bonchev–Trinajstić information content (AvgIpc) is 2.15. The van der Waals surface area contributed by atoms with Crippen molar-refractivity contribution < 1.29 is 4.79 Å². The summed E-state index contributed by atoms with van der Waals surface area (Å²) in [4.78, 5) is 13.9. The highest BCUT2D eigenvalue weighted by atomic mass is 35.5. The van der Waals surface area contributed by atoms with Crippen molar-refractivity contribution in [2.45, 2.75) is 20.8 Å². The summed E-state index contributed by atoms with van der Waals surface area (Å²) in [5.41, 5.74) is 1.25. The minimum absolute atomic E-state index is 0.0251. The molecule has 1 aromatic rings. The quantitative estimate of drug-likeness (QED) is 0.878. The largest absolute Gasteiger partial charge is 0.376 e. The smallest absolute Gasteiger partial charge is 0.229 e. The summed E-state index contributed by atoms with van der Waals surface area (Å²) in [6.07, 6.45) is 0. The number of amides is 1. The number of hydrogen-bond acceptors (Lipinski definition) is 2. The van der Waals surface area contributed by atoms with Crippen molar-refractivity contribution in [1.82, 2.24) is 0 Å². The molecule has 1 amide bonds. The molecule has 0 atom stereocenters. The van der Waals surface area contributed by atoms with E-state index >= 15 is 0 Å². The molecule has 1 rings (SSSR count). The summed E-state index contributed by atoms with van der Waals surface area (Å²) < 4.78 is 0. The van der Waals surface area contributed by atoms with Crippen LogP contribution in [0.15, 0.2) is 18.2 Å². The predicted octanol–water partition coefficient (Wildman–Crippen LogP) is 3.39. The molecule has 0 aromatic heterocycles. The molecule has 1 N–H and O–H groups in total. The van der Waals surface area contributed by atoms with Gasteiger partial charge in [0.15, 0.2) is 0 Å². The molecular formula is C13H19ClN2O. The zero-order valence-corrected chi connectivity index (χ0v) is 11.7. The van der Waals surface area contributed by atoms with Crippen molar-refractivity contribution in [3.05, 3.63) is 23.2 Å². The van der Waals surface area contributed by atoms with E-state index in [1.165, 1.54) is 0 Å². The standard InChI is InChI=1S/C13H19ClN2O/c1-13(2,3)12(17)15-10-8-9(14)6-7-11(10)16(4)5/h6-8H,1-5H3,(H,15,17). The van der Waals surface area contributed by atoms with Crippen LogP contribution < -0.4 is 10.2 Å². The van der Waals surface area contributed by atoms with E-state index in [0.717, 1.165) is 11.4 Å². The molecule has 0 aliphatic carbocycles. The van der Waals surface area contributed by atoms with E-state index in [9.17, 15) is 4.79 Å². The Morgan fingerprint density at radius 1 is 1.29 bits per heavy atom. The van der Waals surface area contributed by atoms with Crippen molar-refractivity contribution >= 4 is 28.9 Å². The van der Waals surface area contributed by atoms with E-state index in [1.807, 2.05) is 51.9 Å². The lowest BCUT2D eigenvalue weighted by molar-refractivity contribution is -0.123. The summed E-state index contributed by atoms with van der Waals surface area (Å²) in [6.45, 7) is 5.63. The molecule has 0 radical (unpaired) electrons. The number of carbonyl (C=O) groups excluding carboxylic acids is 1. The van der Waals surface area contributed by atoms with E-state index in [-0.39, 0.29) is 5.91 Å². The first-order valence-corrected chi connectivity index (χ1v) is 5.88. The van der Waals surface area contributed by atoms with Gasteiger partial charge in [-0.15, -0.1) is 0 Å². The van der Waals surface area contributed by atoms with Crippen molar-refractivity contribution in [1.29, 1.82) is 0 Å². The third kappa shape index (κ3) is 3.63. The third-order valence-corrected chi connectivity index (χ3v) is 2.60. The molecule has 1 aromatic carbocycles. The first kappa shape index (κ1) is 13.8. The number of halogens is 1. The second kappa shape index (κ2) is 4.96. The SMILES string of the molecule is CN(C)c1ccc(Cl)cc1NC(=O)C(C)(C)C. The molecular weight excluding hydrogens is 236 g/mol. The van der Waals surface area contributed by atoms with Crippen LogP contribution in [-0.2, 0) is 4.79 Å². The molecule has 0 unspecified atom stereocenters. The molecule has 17 heavy (non-hydrogen) atoms. The van der Waals surface area contributed by atoms with Crippen LogP contribution in [-0.4, -0.2) is 20.0 Å². The molecule has 0 aliphatic heterocycles. The van der Waals surface area contributed by atoms with Crippen molar-refractivity contribution in [2.24, 2.45) is 5.41 Å². The molecule has 0 fully saturated rings. The van der Waals surface area contributed by atoms with Gasteiger partial charge in [-0.2, -0.15) is 0 Å². The van der Waals surface area contributed by atoms with E-state index in [0.29, 0.717) is 5.02 Å². The molecule has 0 aliphatic rings. The van der Waals surface area contributed by atoms with Crippen LogP contribution in [0.2, 0.25) is 5.02 Å². The predicted molar refractivity (Wildman–Crippen MR) is 73.9 cm³/mol. The van der Waals surface area contributed by atoms with Gasteiger partial charge in [-0.05, 0) is 18.2 Å². The van der Waals surface area contributed by atoms with Gasteiger partial charge in [0.2, 0.25) is 5.91 Å². The summed E-state index contributed by atoms with van der Waals surface area (Å²) in [5.74, 6) is -0.0251. The molecule has 0 spiro atoms. The zero-order chi connectivity index (χ0) is 13.2. The van der Waals surface area contributed by atoms with Gasteiger partial charge in [0.1, 0.15) is 0 Å². The second-order valence-corrected chi connectivity index (χ2v) is 5.70. The molecule has 4 heteroatoms. The van der Waals surface area contributed by atoms with Crippen LogP contribution in [0.4, 0.5) is 11.4 Å². The summed E-state index contributed by atoms with van der Waals surface area (Å²) in [6, 6.07) is 5.46. The molecule has 94 valence electrons. The maximum Gasteiger partial charge on any atom is 0.229 e. The monoisotopic (exact) mass is 254 g/mol. The molecule has 0 saturated carbocycles. The lowest BCUT2D eigenvalue weighted by atomic mass is 9.95. The fourth-order valence-electron chi connectivity index (χ4n) is 1.31. The van der Waals surface area contributed by atoms with E-state index < -0.39 is 5.41 Å². The van der Waals surface area contributed by atoms with Gasteiger partial charge in [-0.3, -0.25) is 4.79 Å². The number of benzene rings is 1. The van der Waals surface area contributed by atoms with Crippen LogP contribution >= 0.6 is 11.6 Å². The van der Waals surface area contributed by atoms with Crippen LogP contribution in [0.3, 0.4) is 0 Å². The lowest BCUT2D eigenvalue weighted by Gasteiger charge is -2.22. The van der Waals surface area contributed by atoms with Gasteiger partial charge in [-0.25, -0.2) is 0 Å². The Kier molecular flexibility index (Phi) is 4.04. The maximum atomic E-state index is 11.9. The van der Waals surface area contributed by atoms with E-state index in [4.69, 9.17) is 11.6 Å². The van der Waals surface area contributed by atoms with Gasteiger partial charge >= 0.3 is 0 Å². The van der Waals surface area contributed by atoms with Gasteiger partial charge in [0.05, 0.1) is 11.4 Å². The fourth-order valence-corrected chi connectivity index (χ4v) is 1.48. The topological polar surface area (TPSA) is 32.3 Å². The van der Waals surface area contributed by atoms with Crippen LogP contribution in [0.1, 0.15) is 20.8 Å². The first-order chi connectivity index (χ1) is 7.71. The summed E-state index contributed by atoms with van der Waals surface area (Å²) >= 11 is 5.95. The Balaban J connectivity index is 3.05. The number of rotatable bonds is 2. The Bertz CT molecular complexity index is 422. The zero-order valence-electron chi connectivity index (χ0n) is 11.0. The van der Waals surface area contributed by atoms with Crippen LogP contribution in [0.5, 0.6) is 0 Å². The molecule has 0 bridgehead atoms. The van der Waals surface area contributed by atoms with Gasteiger partial charge in [0.25, 0.3) is 0 Å². The van der Waals surface area contributed by atoms with Gasteiger partial charge in [0, 0.05) is 24.5 Å². The highest BCUT2D eigenvalue weighted by Gasteiger charge is 2.22. The van der Waals surface area contributed by atoms with Gasteiger partial charge < -0.3 is 10.2 Å². The maximum absolute atomic E-state index is 11.9. The Morgan fingerprint density at radius 3 is 2.35 bits per heavy atom. The number of nitrogens with zero attached hydrogens (tertiary/aromatic N) is 1. The van der Waals surface area contributed by atoms with E-state index in [2.05, 4.69) is 5.32 Å². The molecule has 0 heterocycles. The number of carbonyl (C=O) groups is 1. The third-order valence-electron chi connectivity index (χ3n) is 2.37. The molecule has 3 nitrogen and oxygen atoms in total. The highest BCUT2D eigenvalue weighted by molar-refractivity contribution is 6.31. The van der Waals surface area contributed by atoms with Gasteiger partial charge in [-0.1, -0.05) is 32.4 Å². The normalized spacial score (nSPS) is 11.2. The molecule has 0 saturated heterocycles. The Morgan fingerprint density at radius 2 is 1.88 bits per heavy atom. The van der Waals surface area contributed by atoms with Crippen molar-refractivity contribution in [3.63, 3.8) is 0 Å². The Labute approximate surface area is 108 Å². The van der Waals surface area contributed by atoms with E-state index in [1.54, 1.807) is 6.07 Å². The van der Waals surface area contributed by atoms with Crippen LogP contribution in [0, 0.1) is 5.41 Å². The minimum Gasteiger partial charge on any atom is -0.376 e. The van der Waals surface area contributed by atoms with Crippen molar-refractivity contribution in [2.75, 3.05) is 24.3 Å². The van der Waals surface area contributed by atoms with Crippen LogP contribution in [0.25, 0.3) is 0 Å². The number of anilines is 2. The van der Waals surface area contributed by atoms with Crippen molar-refractivity contribution in [3.8, 4) is 0 Å². The Hall–Kier alpha value is -1.22. The highest BCUT2D eigenvalue weighted by Crippen LogP contribution is 2.29. The minimum atomic E-state index is -0.425. The summed E-state index contributed by atoms with van der Waals surface area (Å²) in [5, 5.41) is 3.52. The number of nitrogens with one attached hydrogen (secondary N) is 1. The fraction of sp³-hybridized carbons (Fsp3) is 0.462. The average molecular weight is 255 g/mol.